The van der Waals surface area contributed by atoms with Crippen LogP contribution in [0.3, 0.4) is 0 Å². The first kappa shape index (κ1) is 31.0. The van der Waals surface area contributed by atoms with Gasteiger partial charge in [-0.05, 0) is 32.2 Å². The van der Waals surface area contributed by atoms with Crippen molar-refractivity contribution < 1.29 is 39.0 Å². The number of nitrogens with two attached hydrogens (primary N) is 3. The Hall–Kier alpha value is -4.05. The molecule has 0 aliphatic rings. The highest BCUT2D eigenvalue weighted by Gasteiger charge is 2.31. The number of aliphatic carboxylic acids is 2. The second-order valence-corrected chi connectivity index (χ2v) is 8.30. The Labute approximate surface area is 212 Å². The van der Waals surface area contributed by atoms with E-state index in [9.17, 15) is 33.9 Å². The molecule has 16 heteroatoms. The van der Waals surface area contributed by atoms with Crippen LogP contribution in [0.2, 0.25) is 0 Å². The number of carboxylic acids is 2. The van der Waals surface area contributed by atoms with Crippen molar-refractivity contribution >= 4 is 35.6 Å². The van der Waals surface area contributed by atoms with Crippen molar-refractivity contribution in [1.82, 2.24) is 25.9 Å². The summed E-state index contributed by atoms with van der Waals surface area (Å²) in [4.78, 5) is 78.5. The van der Waals surface area contributed by atoms with Crippen LogP contribution in [0.25, 0.3) is 0 Å². The number of hydrogen-bond acceptors (Lipinski definition) is 9. The quantitative estimate of drug-likeness (QED) is 0.0853. The zero-order valence-electron chi connectivity index (χ0n) is 20.1. The molecule has 1 aromatic rings. The molecule has 1 heterocycles. The summed E-state index contributed by atoms with van der Waals surface area (Å²) in [5.41, 5.74) is 16.8. The van der Waals surface area contributed by atoms with Crippen molar-refractivity contribution in [3.05, 3.63) is 18.2 Å². The first-order chi connectivity index (χ1) is 17.4. The highest BCUT2D eigenvalue weighted by atomic mass is 16.4. The van der Waals surface area contributed by atoms with Gasteiger partial charge in [-0.15, -0.1) is 0 Å². The summed E-state index contributed by atoms with van der Waals surface area (Å²) in [5, 5.41) is 25.2. The van der Waals surface area contributed by atoms with Gasteiger partial charge in [0.2, 0.25) is 23.6 Å². The van der Waals surface area contributed by atoms with Gasteiger partial charge in [-0.3, -0.25) is 24.0 Å². The number of imidazole rings is 1. The molecule has 0 bridgehead atoms. The molecule has 1 rings (SSSR count). The van der Waals surface area contributed by atoms with Crippen LogP contribution in [-0.4, -0.2) is 86.5 Å². The normalized spacial score (nSPS) is 14.0. The maximum atomic E-state index is 13.1. The fourth-order valence-corrected chi connectivity index (χ4v) is 3.22. The van der Waals surface area contributed by atoms with Crippen molar-refractivity contribution in [3.63, 3.8) is 0 Å². The lowest BCUT2D eigenvalue weighted by atomic mass is 10.0. The van der Waals surface area contributed by atoms with Gasteiger partial charge in [-0.25, -0.2) is 9.78 Å². The minimum absolute atomic E-state index is 0.0697. The number of amides is 4. The highest BCUT2D eigenvalue weighted by Crippen LogP contribution is 2.06. The molecule has 0 fully saturated rings. The number of rotatable bonds is 18. The molecule has 0 aliphatic carbocycles. The van der Waals surface area contributed by atoms with Crippen LogP contribution in [0.5, 0.6) is 0 Å². The number of carboxylic acid groups (broad SMARTS) is 2. The Morgan fingerprint density at radius 2 is 1.54 bits per heavy atom. The van der Waals surface area contributed by atoms with E-state index < -0.39 is 66.2 Å². The van der Waals surface area contributed by atoms with Crippen LogP contribution in [0.4, 0.5) is 0 Å². The zero-order chi connectivity index (χ0) is 28.0. The number of H-pyrrole nitrogens is 1. The SMILES string of the molecule is NCCCCC(NC(=O)C(Cc1cnc[nH]1)NC(=O)C(N)CCC(=O)O)C(=O)NC(CC(N)=O)C(=O)O. The topological polar surface area (TPSA) is 286 Å². The van der Waals surface area contributed by atoms with E-state index in [1.54, 1.807) is 0 Å². The van der Waals surface area contributed by atoms with Gasteiger partial charge in [0.1, 0.15) is 18.1 Å². The van der Waals surface area contributed by atoms with Crippen molar-refractivity contribution in [2.75, 3.05) is 6.54 Å². The van der Waals surface area contributed by atoms with Crippen LogP contribution in [-0.2, 0) is 35.2 Å². The number of nitrogens with one attached hydrogen (secondary N) is 4. The van der Waals surface area contributed by atoms with Crippen LogP contribution < -0.4 is 33.2 Å². The molecule has 16 nitrogen and oxygen atoms in total. The second-order valence-electron chi connectivity index (χ2n) is 8.30. The highest BCUT2D eigenvalue weighted by molar-refractivity contribution is 5.95. The number of unbranched alkanes of at least 4 members (excludes halogenated alkanes) is 1. The molecule has 4 unspecified atom stereocenters. The van der Waals surface area contributed by atoms with Gasteiger partial charge in [0.05, 0.1) is 18.8 Å². The van der Waals surface area contributed by atoms with Gasteiger partial charge in [0.25, 0.3) is 0 Å². The zero-order valence-corrected chi connectivity index (χ0v) is 20.1. The third kappa shape index (κ3) is 12.0. The van der Waals surface area contributed by atoms with Crippen molar-refractivity contribution in [3.8, 4) is 0 Å². The molecule has 0 radical (unpaired) electrons. The monoisotopic (exact) mass is 526 g/mol. The van der Waals surface area contributed by atoms with Gasteiger partial charge in [-0.2, -0.15) is 0 Å². The second kappa shape index (κ2) is 15.8. The van der Waals surface area contributed by atoms with Gasteiger partial charge < -0.3 is 48.3 Å². The molecule has 37 heavy (non-hydrogen) atoms. The van der Waals surface area contributed by atoms with E-state index in [2.05, 4.69) is 25.9 Å². The molecular formula is C21H34N8O8. The Morgan fingerprint density at radius 1 is 0.919 bits per heavy atom. The number of primary amides is 1. The van der Waals surface area contributed by atoms with E-state index in [0.717, 1.165) is 0 Å². The summed E-state index contributed by atoms with van der Waals surface area (Å²) in [6.07, 6.45) is 2.53. The van der Waals surface area contributed by atoms with E-state index in [-0.39, 0.29) is 25.7 Å². The Bertz CT molecular complexity index is 939. The predicted octanol–water partition coefficient (Wildman–Crippen LogP) is -3.31. The first-order valence-corrected chi connectivity index (χ1v) is 11.5. The van der Waals surface area contributed by atoms with Gasteiger partial charge in [-0.1, -0.05) is 0 Å². The number of carbonyl (C=O) groups is 6. The molecule has 12 N–H and O–H groups in total. The third-order valence-electron chi connectivity index (χ3n) is 5.22. The molecule has 0 saturated heterocycles. The summed E-state index contributed by atoms with van der Waals surface area (Å²) in [6, 6.07) is -5.28. The summed E-state index contributed by atoms with van der Waals surface area (Å²) in [5.74, 6) is -6.02. The Kier molecular flexibility index (Phi) is 13.3. The predicted molar refractivity (Wildman–Crippen MR) is 127 cm³/mol. The molecule has 4 atom stereocenters. The Balaban J connectivity index is 3.05. The Morgan fingerprint density at radius 3 is 2.08 bits per heavy atom. The molecule has 0 saturated carbocycles. The van der Waals surface area contributed by atoms with E-state index in [1.807, 2.05) is 0 Å². The van der Waals surface area contributed by atoms with Gasteiger partial charge in [0, 0.05) is 24.7 Å². The minimum Gasteiger partial charge on any atom is -0.481 e. The number of hydrogen-bond donors (Lipinski definition) is 9. The number of aromatic amines is 1. The fourth-order valence-electron chi connectivity index (χ4n) is 3.22. The molecule has 1 aromatic heterocycles. The smallest absolute Gasteiger partial charge is 0.326 e. The number of carbonyl (C=O) groups excluding carboxylic acids is 4. The summed E-state index contributed by atoms with van der Waals surface area (Å²) in [7, 11) is 0. The van der Waals surface area contributed by atoms with Gasteiger partial charge in [0.15, 0.2) is 0 Å². The summed E-state index contributed by atoms with van der Waals surface area (Å²) in [6.45, 7) is 0.314. The van der Waals surface area contributed by atoms with Crippen molar-refractivity contribution in [2.24, 2.45) is 17.2 Å². The lowest BCUT2D eigenvalue weighted by Gasteiger charge is -2.25. The van der Waals surface area contributed by atoms with Crippen LogP contribution in [0.15, 0.2) is 12.5 Å². The molecule has 206 valence electrons. The summed E-state index contributed by atoms with van der Waals surface area (Å²) >= 11 is 0. The van der Waals surface area contributed by atoms with Crippen LogP contribution >= 0.6 is 0 Å². The van der Waals surface area contributed by atoms with Crippen molar-refractivity contribution in [2.45, 2.75) is 69.1 Å². The van der Waals surface area contributed by atoms with Crippen LogP contribution in [0.1, 0.15) is 44.2 Å². The van der Waals surface area contributed by atoms with E-state index in [1.165, 1.54) is 12.5 Å². The maximum Gasteiger partial charge on any atom is 0.326 e. The standard InChI is InChI=1S/C21H34N8O8/c22-6-2-1-3-13(19(34)29-15(21(36)37)8-16(24)30)27-20(35)14(7-11-9-25-10-26-11)28-18(33)12(23)4-5-17(31)32/h9-10,12-15H,1-8,22-23H2,(H2,24,30)(H,25,26)(H,27,35)(H,28,33)(H,29,34)(H,31,32)(H,36,37). The molecule has 0 aromatic carbocycles. The lowest BCUT2D eigenvalue weighted by molar-refractivity contribution is -0.144. The molecular weight excluding hydrogens is 492 g/mol. The lowest BCUT2D eigenvalue weighted by Crippen LogP contribution is -2.57. The third-order valence-corrected chi connectivity index (χ3v) is 5.22. The summed E-state index contributed by atoms with van der Waals surface area (Å²) < 4.78 is 0. The minimum atomic E-state index is -1.60. The maximum absolute atomic E-state index is 13.1. The van der Waals surface area contributed by atoms with E-state index in [4.69, 9.17) is 22.3 Å². The van der Waals surface area contributed by atoms with E-state index >= 15 is 0 Å². The fraction of sp³-hybridized carbons (Fsp3) is 0.571. The largest absolute Gasteiger partial charge is 0.481 e. The number of aromatic nitrogens is 2. The van der Waals surface area contributed by atoms with Crippen molar-refractivity contribution in [1.29, 1.82) is 0 Å². The average molecular weight is 527 g/mol. The first-order valence-electron chi connectivity index (χ1n) is 11.5. The van der Waals surface area contributed by atoms with Gasteiger partial charge >= 0.3 is 11.9 Å². The molecule has 4 amide bonds. The molecule has 0 spiro atoms. The van der Waals surface area contributed by atoms with E-state index in [0.29, 0.717) is 25.1 Å². The molecule has 0 aliphatic heterocycles. The van der Waals surface area contributed by atoms with Crippen LogP contribution in [0, 0.1) is 0 Å². The number of nitrogens with zero attached hydrogens (tertiary/aromatic N) is 1. The average Bonchev–Trinajstić information content (AvgIpc) is 3.33.